The van der Waals surface area contributed by atoms with E-state index in [1.165, 1.54) is 0 Å². The summed E-state index contributed by atoms with van der Waals surface area (Å²) in [7, 11) is 1.60. The number of rotatable bonds is 2. The topological polar surface area (TPSA) is 75.6 Å². The van der Waals surface area contributed by atoms with Crippen molar-refractivity contribution >= 4 is 17.4 Å². The number of aliphatic hydroxyl groups is 1. The van der Waals surface area contributed by atoms with E-state index in [4.69, 9.17) is 4.74 Å². The largest absolute Gasteiger partial charge is 0.496 e. The lowest BCUT2D eigenvalue weighted by molar-refractivity contribution is -0.138. The number of ketones is 1. The molecule has 0 bridgehead atoms. The van der Waals surface area contributed by atoms with Gasteiger partial charge in [-0.25, -0.2) is 0 Å². The van der Waals surface area contributed by atoms with Crippen molar-refractivity contribution in [2.24, 2.45) is 5.92 Å². The van der Waals surface area contributed by atoms with Gasteiger partial charge >= 0.3 is 0 Å². The third-order valence-electron chi connectivity index (χ3n) is 5.47. The first-order valence-electron chi connectivity index (χ1n) is 8.32. The number of hydrogen-bond acceptors (Lipinski definition) is 4. The van der Waals surface area contributed by atoms with Crippen LogP contribution in [0.5, 0.6) is 5.75 Å². The maximum absolute atomic E-state index is 13.1. The third kappa shape index (κ3) is 2.05. The van der Waals surface area contributed by atoms with Gasteiger partial charge < -0.3 is 15.2 Å². The predicted molar refractivity (Wildman–Crippen MR) is 92.8 cm³/mol. The zero-order chi connectivity index (χ0) is 17.8. The highest BCUT2D eigenvalue weighted by atomic mass is 16.5. The number of Topliss-reactive ketones (excluding diaryl/α,β-unsaturated/α-hetero) is 1. The molecule has 0 saturated carbocycles. The number of carbonyl (C=O) groups is 2. The molecule has 1 heterocycles. The van der Waals surface area contributed by atoms with Crippen molar-refractivity contribution in [3.8, 4) is 5.75 Å². The van der Waals surface area contributed by atoms with Crippen LogP contribution in [0.25, 0.3) is 0 Å². The van der Waals surface area contributed by atoms with Gasteiger partial charge in [0.1, 0.15) is 5.75 Å². The van der Waals surface area contributed by atoms with Crippen molar-refractivity contribution in [3.63, 3.8) is 0 Å². The van der Waals surface area contributed by atoms with Crippen molar-refractivity contribution < 1.29 is 19.4 Å². The maximum Gasteiger partial charge on any atom is 0.261 e. The minimum Gasteiger partial charge on any atom is -0.496 e. The Kier molecular flexibility index (Phi) is 3.44. The fraction of sp³-hybridized carbons (Fsp3) is 0.300. The summed E-state index contributed by atoms with van der Waals surface area (Å²) in [5, 5.41) is 13.9. The highest BCUT2D eigenvalue weighted by molar-refractivity contribution is 6.11. The lowest BCUT2D eigenvalue weighted by atomic mass is 9.70. The number of carbonyl (C=O) groups excluding carboxylic acids is 2. The maximum atomic E-state index is 13.1. The van der Waals surface area contributed by atoms with E-state index in [1.807, 2.05) is 6.92 Å². The van der Waals surface area contributed by atoms with Crippen molar-refractivity contribution in [1.29, 1.82) is 0 Å². The van der Waals surface area contributed by atoms with E-state index in [9.17, 15) is 14.7 Å². The number of hydrogen-bond donors (Lipinski definition) is 2. The summed E-state index contributed by atoms with van der Waals surface area (Å²) in [4.78, 5) is 25.7. The van der Waals surface area contributed by atoms with Crippen LogP contribution in [0.3, 0.4) is 0 Å². The molecule has 0 fully saturated rings. The van der Waals surface area contributed by atoms with Gasteiger partial charge in [0.05, 0.1) is 13.0 Å². The van der Waals surface area contributed by atoms with E-state index < -0.39 is 17.4 Å². The molecule has 5 heteroatoms. The average Bonchev–Trinajstić information content (AvgIpc) is 2.88. The van der Waals surface area contributed by atoms with Crippen LogP contribution in [0, 0.1) is 12.8 Å². The van der Waals surface area contributed by atoms with Crippen LogP contribution in [-0.4, -0.2) is 23.9 Å². The van der Waals surface area contributed by atoms with Crippen LogP contribution in [0.15, 0.2) is 36.4 Å². The number of methoxy groups -OCH3 is 1. The lowest BCUT2D eigenvalue weighted by Crippen LogP contribution is -2.47. The summed E-state index contributed by atoms with van der Waals surface area (Å²) < 4.78 is 5.33. The molecular formula is C20H19NO4. The van der Waals surface area contributed by atoms with Crippen molar-refractivity contribution in [2.45, 2.75) is 25.4 Å². The van der Waals surface area contributed by atoms with Crippen LogP contribution >= 0.6 is 0 Å². The van der Waals surface area contributed by atoms with Gasteiger partial charge in [0, 0.05) is 16.8 Å². The Morgan fingerprint density at radius 1 is 1.20 bits per heavy atom. The van der Waals surface area contributed by atoms with E-state index in [-0.39, 0.29) is 5.78 Å². The van der Waals surface area contributed by atoms with E-state index >= 15 is 0 Å². The van der Waals surface area contributed by atoms with Crippen molar-refractivity contribution in [3.05, 3.63) is 58.7 Å². The summed E-state index contributed by atoms with van der Waals surface area (Å²) in [5.74, 6) is -0.772. The Bertz CT molecular complexity index is 905. The normalized spacial score (nSPS) is 24.5. The summed E-state index contributed by atoms with van der Waals surface area (Å²) in [6.07, 6.45) is 1.03. The molecule has 25 heavy (non-hydrogen) atoms. The first kappa shape index (κ1) is 15.8. The highest BCUT2D eigenvalue weighted by Gasteiger charge is 2.54. The Labute approximate surface area is 145 Å². The standard InChI is InChI=1S/C20H19NO4/c1-11-12-7-9-15(18(22)13(12)8-10-17(11)25-2)20(24)14-5-3-4-6-16(14)21-19(20)23/h3-6,8,10,15,24H,7,9H2,1-2H3,(H,21,23)/t15-,20-/m0/s1. The second-order valence-corrected chi connectivity index (χ2v) is 6.64. The molecule has 0 aromatic heterocycles. The second-order valence-electron chi connectivity index (χ2n) is 6.64. The molecule has 1 aliphatic heterocycles. The molecular weight excluding hydrogens is 318 g/mol. The smallest absolute Gasteiger partial charge is 0.261 e. The van der Waals surface area contributed by atoms with Gasteiger partial charge in [-0.15, -0.1) is 0 Å². The fourth-order valence-corrected chi connectivity index (χ4v) is 4.13. The minimum atomic E-state index is -1.82. The molecule has 0 unspecified atom stereocenters. The first-order valence-corrected chi connectivity index (χ1v) is 8.32. The van der Waals surface area contributed by atoms with E-state index in [0.717, 1.165) is 16.9 Å². The van der Waals surface area contributed by atoms with Crippen LogP contribution in [0.1, 0.15) is 33.5 Å². The summed E-state index contributed by atoms with van der Waals surface area (Å²) in [6.45, 7) is 1.93. The van der Waals surface area contributed by atoms with E-state index in [0.29, 0.717) is 29.7 Å². The van der Waals surface area contributed by atoms with Gasteiger partial charge in [0.25, 0.3) is 5.91 Å². The summed E-state index contributed by atoms with van der Waals surface area (Å²) >= 11 is 0. The predicted octanol–water partition coefficient (Wildman–Crippen LogP) is 2.59. The summed E-state index contributed by atoms with van der Waals surface area (Å²) in [5.41, 5.74) is 1.68. The number of ether oxygens (including phenoxy) is 1. The Morgan fingerprint density at radius 2 is 1.96 bits per heavy atom. The molecule has 2 aromatic carbocycles. The molecule has 2 aromatic rings. The third-order valence-corrected chi connectivity index (χ3v) is 5.47. The molecule has 1 aliphatic carbocycles. The minimum absolute atomic E-state index is 0.193. The van der Waals surface area contributed by atoms with Crippen LogP contribution < -0.4 is 10.1 Å². The van der Waals surface area contributed by atoms with Gasteiger partial charge in [-0.05, 0) is 49.1 Å². The van der Waals surface area contributed by atoms with E-state index in [2.05, 4.69) is 5.32 Å². The second kappa shape index (κ2) is 5.43. The molecule has 4 rings (SSSR count). The number of nitrogens with one attached hydrogen (secondary N) is 1. The molecule has 0 spiro atoms. The molecule has 1 amide bonds. The highest BCUT2D eigenvalue weighted by Crippen LogP contribution is 2.46. The molecule has 128 valence electrons. The van der Waals surface area contributed by atoms with Gasteiger partial charge in [0.15, 0.2) is 11.4 Å². The van der Waals surface area contributed by atoms with Crippen LogP contribution in [0.4, 0.5) is 5.69 Å². The molecule has 0 radical (unpaired) electrons. The van der Waals surface area contributed by atoms with Crippen LogP contribution in [0.2, 0.25) is 0 Å². The Morgan fingerprint density at radius 3 is 2.72 bits per heavy atom. The van der Waals surface area contributed by atoms with Gasteiger partial charge in [-0.2, -0.15) is 0 Å². The molecule has 5 nitrogen and oxygen atoms in total. The number of amides is 1. The van der Waals surface area contributed by atoms with E-state index in [1.54, 1.807) is 43.5 Å². The van der Waals surface area contributed by atoms with Crippen molar-refractivity contribution in [2.75, 3.05) is 12.4 Å². The van der Waals surface area contributed by atoms with Crippen LogP contribution in [-0.2, 0) is 16.8 Å². The number of benzene rings is 2. The average molecular weight is 337 g/mol. The molecule has 0 saturated heterocycles. The van der Waals surface area contributed by atoms with Gasteiger partial charge in [0.2, 0.25) is 0 Å². The van der Waals surface area contributed by atoms with Crippen molar-refractivity contribution in [1.82, 2.24) is 0 Å². The zero-order valence-corrected chi connectivity index (χ0v) is 14.1. The zero-order valence-electron chi connectivity index (χ0n) is 14.1. The number of anilines is 1. The first-order chi connectivity index (χ1) is 12.0. The SMILES string of the molecule is COc1ccc2c(c1C)CC[C@H]([C@]1(O)C(=O)Nc3ccccc31)C2=O. The number of para-hydroxylation sites is 1. The molecule has 2 aliphatic rings. The summed E-state index contributed by atoms with van der Waals surface area (Å²) in [6, 6.07) is 10.5. The van der Waals surface area contributed by atoms with Gasteiger partial charge in [-0.3, -0.25) is 9.59 Å². The molecule has 2 N–H and O–H groups in total. The monoisotopic (exact) mass is 337 g/mol. The fourth-order valence-electron chi connectivity index (χ4n) is 4.13. The molecule has 2 atom stereocenters. The quantitative estimate of drug-likeness (QED) is 0.883. The Balaban J connectivity index is 1.80. The lowest BCUT2D eigenvalue weighted by Gasteiger charge is -2.34. The Hall–Kier alpha value is -2.66. The number of fused-ring (bicyclic) bond motifs is 2. The van der Waals surface area contributed by atoms with Gasteiger partial charge in [-0.1, -0.05) is 18.2 Å².